The molecule has 0 saturated carbocycles. The van der Waals surface area contributed by atoms with Gasteiger partial charge in [0.1, 0.15) is 5.52 Å². The molecule has 0 aliphatic carbocycles. The Hall–Kier alpha value is -2.84. The minimum atomic E-state index is -1.14. The van der Waals surface area contributed by atoms with E-state index in [1.807, 2.05) is 0 Å². The molecular weight excluding hydrogens is 426 g/mol. The maximum atomic E-state index is 15.3. The summed E-state index contributed by atoms with van der Waals surface area (Å²) in [5.41, 5.74) is 1.55. The molecule has 1 saturated heterocycles. The highest BCUT2D eigenvalue weighted by Gasteiger charge is 2.22. The van der Waals surface area contributed by atoms with Gasteiger partial charge in [-0.2, -0.15) is 5.10 Å². The number of pyridine rings is 1. The number of nitrogens with zero attached hydrogens (tertiary/aromatic N) is 3. The fourth-order valence-corrected chi connectivity index (χ4v) is 3.77. The molecule has 0 radical (unpaired) electrons. The minimum absolute atomic E-state index is 0.0598. The first kappa shape index (κ1) is 21.4. The Labute approximate surface area is 182 Å². The number of anilines is 1. The molecule has 1 amide bonds. The second kappa shape index (κ2) is 8.72. The Morgan fingerprint density at radius 2 is 2.13 bits per heavy atom. The van der Waals surface area contributed by atoms with E-state index >= 15 is 4.39 Å². The summed E-state index contributed by atoms with van der Waals surface area (Å²) in [5, 5.41) is 7.64. The number of aromatic nitrogens is 3. The molecule has 0 bridgehead atoms. The van der Waals surface area contributed by atoms with Crippen LogP contribution >= 0.6 is 11.6 Å². The van der Waals surface area contributed by atoms with Crippen molar-refractivity contribution in [3.8, 4) is 0 Å². The van der Waals surface area contributed by atoms with Crippen molar-refractivity contribution in [1.29, 1.82) is 0 Å². The number of rotatable bonds is 4. The average Bonchev–Trinajstić information content (AvgIpc) is 3.21. The molecule has 31 heavy (non-hydrogen) atoms. The normalized spacial score (nSPS) is 17.2. The van der Waals surface area contributed by atoms with Crippen LogP contribution in [0.25, 0.3) is 17.0 Å². The van der Waals surface area contributed by atoms with Crippen LogP contribution in [0.1, 0.15) is 42.3 Å². The molecule has 1 aliphatic heterocycles. The second-order valence-corrected chi connectivity index (χ2v) is 7.86. The summed E-state index contributed by atoms with van der Waals surface area (Å²) in [4.78, 5) is 16.4. The Morgan fingerprint density at radius 1 is 1.32 bits per heavy atom. The SMILES string of the molecule is Cc1ncc(Cl)c(C)c1NC(=O)/C(F)=C/c1ccc2cnn(C3CCCCO3)c2c1F. The first-order valence-corrected chi connectivity index (χ1v) is 10.3. The Morgan fingerprint density at radius 3 is 2.87 bits per heavy atom. The number of fused-ring (bicyclic) bond motifs is 1. The summed E-state index contributed by atoms with van der Waals surface area (Å²) in [6.07, 6.45) is 6.13. The van der Waals surface area contributed by atoms with Gasteiger partial charge >= 0.3 is 0 Å². The molecule has 1 unspecified atom stereocenters. The molecule has 1 aromatic carbocycles. The van der Waals surface area contributed by atoms with E-state index in [1.54, 1.807) is 26.1 Å². The molecular formula is C22H21ClF2N4O2. The number of nitrogens with one attached hydrogen (secondary N) is 1. The lowest BCUT2D eigenvalue weighted by atomic mass is 10.1. The number of benzene rings is 1. The molecule has 1 aliphatic rings. The van der Waals surface area contributed by atoms with Crippen LogP contribution in [0.2, 0.25) is 5.02 Å². The lowest BCUT2D eigenvalue weighted by Crippen LogP contribution is -2.19. The summed E-state index contributed by atoms with van der Waals surface area (Å²) < 4.78 is 37.1. The Bertz CT molecular complexity index is 1190. The largest absolute Gasteiger partial charge is 0.356 e. The molecule has 6 nitrogen and oxygen atoms in total. The van der Waals surface area contributed by atoms with E-state index in [1.165, 1.54) is 16.9 Å². The molecule has 0 spiro atoms. The highest BCUT2D eigenvalue weighted by Crippen LogP contribution is 2.30. The van der Waals surface area contributed by atoms with E-state index in [0.717, 1.165) is 25.3 Å². The lowest BCUT2D eigenvalue weighted by Gasteiger charge is -2.23. The van der Waals surface area contributed by atoms with Gasteiger partial charge in [0.15, 0.2) is 17.9 Å². The standard InChI is InChI=1S/C22H21ClF2N4O2/c1-12-16(23)11-26-13(2)20(12)28-22(30)17(24)9-14-6-7-15-10-27-29(21(15)19(14)25)18-5-3-4-8-31-18/h6-7,9-11,18H,3-5,8H2,1-2H3,(H,28,30)/b17-9-. The van der Waals surface area contributed by atoms with E-state index in [4.69, 9.17) is 16.3 Å². The monoisotopic (exact) mass is 446 g/mol. The molecule has 3 heterocycles. The number of carbonyl (C=O) groups is 1. The zero-order valence-corrected chi connectivity index (χ0v) is 17.8. The van der Waals surface area contributed by atoms with Gasteiger partial charge in [-0.15, -0.1) is 0 Å². The second-order valence-electron chi connectivity index (χ2n) is 7.45. The van der Waals surface area contributed by atoms with Gasteiger partial charge in [-0.05, 0) is 44.7 Å². The van der Waals surface area contributed by atoms with Crippen LogP contribution in [-0.2, 0) is 9.53 Å². The highest BCUT2D eigenvalue weighted by molar-refractivity contribution is 6.31. The fourth-order valence-electron chi connectivity index (χ4n) is 3.63. The zero-order chi connectivity index (χ0) is 22.1. The maximum absolute atomic E-state index is 15.3. The third-order valence-corrected chi connectivity index (χ3v) is 5.74. The number of halogens is 3. The van der Waals surface area contributed by atoms with Gasteiger partial charge in [0.05, 0.1) is 22.6 Å². The number of aryl methyl sites for hydroxylation is 1. The van der Waals surface area contributed by atoms with Crippen LogP contribution in [0.15, 0.2) is 30.4 Å². The topological polar surface area (TPSA) is 69.0 Å². The van der Waals surface area contributed by atoms with E-state index in [9.17, 15) is 9.18 Å². The molecule has 2 aromatic heterocycles. The fraction of sp³-hybridized carbons (Fsp3) is 0.318. The predicted molar refractivity (Wildman–Crippen MR) is 115 cm³/mol. The van der Waals surface area contributed by atoms with Crippen molar-refractivity contribution >= 4 is 40.2 Å². The lowest BCUT2D eigenvalue weighted by molar-refractivity contribution is -0.114. The molecule has 162 valence electrons. The number of hydrogen-bond donors (Lipinski definition) is 1. The number of hydrogen-bond acceptors (Lipinski definition) is 4. The minimum Gasteiger partial charge on any atom is -0.356 e. The van der Waals surface area contributed by atoms with Crippen LogP contribution in [0, 0.1) is 19.7 Å². The summed E-state index contributed by atoms with van der Waals surface area (Å²) in [5.74, 6) is -2.82. The maximum Gasteiger partial charge on any atom is 0.284 e. The van der Waals surface area contributed by atoms with Gasteiger partial charge in [-0.25, -0.2) is 13.5 Å². The molecule has 1 fully saturated rings. The summed E-state index contributed by atoms with van der Waals surface area (Å²) in [6, 6.07) is 3.05. The molecule has 3 aromatic rings. The molecule has 9 heteroatoms. The smallest absolute Gasteiger partial charge is 0.284 e. The van der Waals surface area contributed by atoms with Crippen LogP contribution in [0.5, 0.6) is 0 Å². The van der Waals surface area contributed by atoms with Gasteiger partial charge in [-0.1, -0.05) is 23.7 Å². The average molecular weight is 447 g/mol. The summed E-state index contributed by atoms with van der Waals surface area (Å²) in [6.45, 7) is 3.94. The van der Waals surface area contributed by atoms with Gasteiger partial charge in [0.25, 0.3) is 5.91 Å². The third kappa shape index (κ3) is 4.18. The van der Waals surface area contributed by atoms with Crippen molar-refractivity contribution in [2.45, 2.75) is 39.3 Å². The summed E-state index contributed by atoms with van der Waals surface area (Å²) in [7, 11) is 0. The van der Waals surface area contributed by atoms with Crippen molar-refractivity contribution in [3.63, 3.8) is 0 Å². The predicted octanol–water partition coefficient (Wildman–Crippen LogP) is 5.49. The first-order valence-electron chi connectivity index (χ1n) is 9.94. The van der Waals surface area contributed by atoms with Gasteiger partial charge < -0.3 is 10.1 Å². The molecule has 4 rings (SSSR count). The number of amides is 1. The van der Waals surface area contributed by atoms with Gasteiger partial charge in [0, 0.05) is 23.8 Å². The number of carbonyl (C=O) groups excluding carboxylic acids is 1. The van der Waals surface area contributed by atoms with Crippen molar-refractivity contribution in [2.24, 2.45) is 0 Å². The van der Waals surface area contributed by atoms with Crippen molar-refractivity contribution in [1.82, 2.24) is 14.8 Å². The third-order valence-electron chi connectivity index (χ3n) is 5.36. The van der Waals surface area contributed by atoms with E-state index in [2.05, 4.69) is 15.4 Å². The van der Waals surface area contributed by atoms with Crippen molar-refractivity contribution in [3.05, 3.63) is 58.0 Å². The van der Waals surface area contributed by atoms with Gasteiger partial charge in [0.2, 0.25) is 0 Å². The number of ether oxygens (including phenoxy) is 1. The van der Waals surface area contributed by atoms with E-state index < -0.39 is 17.6 Å². The van der Waals surface area contributed by atoms with Crippen molar-refractivity contribution < 1.29 is 18.3 Å². The molecule has 1 atom stereocenters. The van der Waals surface area contributed by atoms with Crippen molar-refractivity contribution in [2.75, 3.05) is 11.9 Å². The molecule has 1 N–H and O–H groups in total. The van der Waals surface area contributed by atoms with Crippen LogP contribution in [0.3, 0.4) is 0 Å². The van der Waals surface area contributed by atoms with Crippen LogP contribution in [-0.4, -0.2) is 27.3 Å². The van der Waals surface area contributed by atoms with Crippen LogP contribution < -0.4 is 5.32 Å². The summed E-state index contributed by atoms with van der Waals surface area (Å²) >= 11 is 6.03. The van der Waals surface area contributed by atoms with Gasteiger partial charge in [-0.3, -0.25) is 9.78 Å². The first-order chi connectivity index (χ1) is 14.9. The quantitative estimate of drug-likeness (QED) is 0.538. The highest BCUT2D eigenvalue weighted by atomic mass is 35.5. The Kier molecular flexibility index (Phi) is 6.02. The Balaban J connectivity index is 1.65. The zero-order valence-electron chi connectivity index (χ0n) is 17.1. The van der Waals surface area contributed by atoms with E-state index in [-0.39, 0.29) is 17.3 Å². The van der Waals surface area contributed by atoms with Crippen LogP contribution in [0.4, 0.5) is 14.5 Å². The van der Waals surface area contributed by atoms with E-state index in [0.29, 0.717) is 34.0 Å².